The lowest BCUT2D eigenvalue weighted by atomic mass is 9.91. The van der Waals surface area contributed by atoms with Gasteiger partial charge in [0.1, 0.15) is 12.3 Å². The number of alkyl carbamates (subject to hydrolysis) is 1. The van der Waals surface area contributed by atoms with Crippen LogP contribution in [-0.4, -0.2) is 46.0 Å². The Balaban J connectivity index is 1.51. The SMILES string of the molecule is CC(C)(C)c1cc(C(=O)N2CC(NC(=O)OCc3ccccc3)C2)nc(=O)[nH]1. The van der Waals surface area contributed by atoms with Gasteiger partial charge in [-0.3, -0.25) is 4.79 Å². The molecule has 0 bridgehead atoms. The monoisotopic (exact) mass is 384 g/mol. The van der Waals surface area contributed by atoms with Crippen LogP contribution in [0.5, 0.6) is 0 Å². The Morgan fingerprint density at radius 1 is 1.25 bits per heavy atom. The summed E-state index contributed by atoms with van der Waals surface area (Å²) < 4.78 is 5.17. The molecule has 1 aromatic carbocycles. The highest BCUT2D eigenvalue weighted by Crippen LogP contribution is 2.20. The number of benzene rings is 1. The van der Waals surface area contributed by atoms with Crippen molar-refractivity contribution in [2.75, 3.05) is 13.1 Å². The molecule has 2 N–H and O–H groups in total. The Morgan fingerprint density at radius 3 is 2.57 bits per heavy atom. The van der Waals surface area contributed by atoms with Gasteiger partial charge in [0.2, 0.25) is 0 Å². The molecule has 0 aliphatic carbocycles. The van der Waals surface area contributed by atoms with Crippen molar-refractivity contribution in [3.05, 3.63) is 63.8 Å². The van der Waals surface area contributed by atoms with Crippen LogP contribution >= 0.6 is 0 Å². The molecule has 3 rings (SSSR count). The summed E-state index contributed by atoms with van der Waals surface area (Å²) in [4.78, 5) is 44.2. The van der Waals surface area contributed by atoms with Gasteiger partial charge < -0.3 is 19.9 Å². The number of likely N-dealkylation sites (tertiary alicyclic amines) is 1. The standard InChI is InChI=1S/C20H24N4O4/c1-20(2,3)16-9-15(22-18(26)23-16)17(25)24-10-14(11-24)21-19(27)28-12-13-7-5-4-6-8-13/h4-9,14H,10-12H2,1-3H3,(H,21,27)(H,22,23,26). The van der Waals surface area contributed by atoms with Crippen LogP contribution in [0.4, 0.5) is 4.79 Å². The lowest BCUT2D eigenvalue weighted by Crippen LogP contribution is -2.61. The van der Waals surface area contributed by atoms with Gasteiger partial charge in [-0.05, 0) is 11.6 Å². The van der Waals surface area contributed by atoms with E-state index in [1.807, 2.05) is 51.1 Å². The molecule has 1 aliphatic rings. The molecule has 1 aliphatic heterocycles. The van der Waals surface area contributed by atoms with Crippen LogP contribution in [0.15, 0.2) is 41.2 Å². The van der Waals surface area contributed by atoms with Gasteiger partial charge in [0.15, 0.2) is 0 Å². The number of aromatic nitrogens is 2. The van der Waals surface area contributed by atoms with Crippen molar-refractivity contribution in [2.24, 2.45) is 0 Å². The maximum absolute atomic E-state index is 12.6. The second-order valence-corrected chi connectivity index (χ2v) is 7.85. The van der Waals surface area contributed by atoms with Crippen molar-refractivity contribution in [2.45, 2.75) is 38.8 Å². The third-order valence-corrected chi connectivity index (χ3v) is 4.48. The predicted molar refractivity (Wildman–Crippen MR) is 103 cm³/mol. The average Bonchev–Trinajstić information content (AvgIpc) is 2.61. The first-order chi connectivity index (χ1) is 13.2. The number of nitrogens with zero attached hydrogens (tertiary/aromatic N) is 2. The van der Waals surface area contributed by atoms with Gasteiger partial charge in [0.25, 0.3) is 5.91 Å². The maximum atomic E-state index is 12.6. The van der Waals surface area contributed by atoms with E-state index in [-0.39, 0.29) is 29.7 Å². The van der Waals surface area contributed by atoms with Crippen LogP contribution in [0.3, 0.4) is 0 Å². The highest BCUT2D eigenvalue weighted by atomic mass is 16.5. The van der Waals surface area contributed by atoms with Gasteiger partial charge in [-0.25, -0.2) is 9.59 Å². The number of hydrogen-bond acceptors (Lipinski definition) is 5. The number of nitrogens with one attached hydrogen (secondary N) is 2. The minimum Gasteiger partial charge on any atom is -0.445 e. The Kier molecular flexibility index (Phi) is 5.48. The van der Waals surface area contributed by atoms with Gasteiger partial charge in [0, 0.05) is 24.2 Å². The van der Waals surface area contributed by atoms with Crippen molar-refractivity contribution >= 4 is 12.0 Å². The van der Waals surface area contributed by atoms with Gasteiger partial charge in [0.05, 0.1) is 6.04 Å². The molecule has 2 heterocycles. The Bertz CT molecular complexity index is 912. The van der Waals surface area contributed by atoms with Crippen molar-refractivity contribution in [3.63, 3.8) is 0 Å². The first-order valence-electron chi connectivity index (χ1n) is 9.11. The third kappa shape index (κ3) is 4.76. The molecule has 148 valence electrons. The molecule has 0 unspecified atom stereocenters. The molecule has 0 atom stereocenters. The second kappa shape index (κ2) is 7.84. The quantitative estimate of drug-likeness (QED) is 0.837. The molecule has 8 nitrogen and oxygen atoms in total. The molecular weight excluding hydrogens is 360 g/mol. The Morgan fingerprint density at radius 2 is 1.93 bits per heavy atom. The van der Waals surface area contributed by atoms with E-state index in [2.05, 4.69) is 15.3 Å². The van der Waals surface area contributed by atoms with E-state index in [9.17, 15) is 14.4 Å². The summed E-state index contributed by atoms with van der Waals surface area (Å²) in [6.07, 6.45) is -0.523. The molecule has 2 amide bonds. The van der Waals surface area contributed by atoms with Gasteiger partial charge in [-0.1, -0.05) is 51.1 Å². The molecule has 28 heavy (non-hydrogen) atoms. The first-order valence-corrected chi connectivity index (χ1v) is 9.11. The van der Waals surface area contributed by atoms with Crippen LogP contribution in [0, 0.1) is 0 Å². The van der Waals surface area contributed by atoms with Crippen LogP contribution in [-0.2, 0) is 16.8 Å². The molecule has 1 saturated heterocycles. The number of carbonyl (C=O) groups is 2. The van der Waals surface area contributed by atoms with Crippen LogP contribution in [0.1, 0.15) is 42.5 Å². The average molecular weight is 384 g/mol. The zero-order chi connectivity index (χ0) is 20.3. The highest BCUT2D eigenvalue weighted by molar-refractivity contribution is 5.93. The van der Waals surface area contributed by atoms with Crippen molar-refractivity contribution in [3.8, 4) is 0 Å². The summed E-state index contributed by atoms with van der Waals surface area (Å²) >= 11 is 0. The Labute approximate surface area is 162 Å². The minimum absolute atomic E-state index is 0.110. The zero-order valence-electron chi connectivity index (χ0n) is 16.2. The Hall–Kier alpha value is -3.16. The summed E-state index contributed by atoms with van der Waals surface area (Å²) in [5.41, 5.74) is 0.807. The lowest BCUT2D eigenvalue weighted by Gasteiger charge is -2.39. The van der Waals surface area contributed by atoms with E-state index in [1.165, 1.54) is 4.90 Å². The van der Waals surface area contributed by atoms with Crippen molar-refractivity contribution in [1.29, 1.82) is 0 Å². The van der Waals surface area contributed by atoms with E-state index < -0.39 is 11.8 Å². The summed E-state index contributed by atoms with van der Waals surface area (Å²) in [6, 6.07) is 10.8. The fraction of sp³-hybridized carbons (Fsp3) is 0.400. The van der Waals surface area contributed by atoms with E-state index >= 15 is 0 Å². The van der Waals surface area contributed by atoms with Crippen molar-refractivity contribution in [1.82, 2.24) is 20.2 Å². The lowest BCUT2D eigenvalue weighted by molar-refractivity contribution is 0.0539. The number of carbonyl (C=O) groups excluding carboxylic acids is 2. The molecular formula is C20H24N4O4. The predicted octanol–water partition coefficient (Wildman–Crippen LogP) is 1.82. The highest BCUT2D eigenvalue weighted by Gasteiger charge is 2.33. The van der Waals surface area contributed by atoms with Crippen LogP contribution < -0.4 is 11.0 Å². The van der Waals surface area contributed by atoms with E-state index in [0.717, 1.165) is 5.56 Å². The zero-order valence-corrected chi connectivity index (χ0v) is 16.2. The molecule has 1 aromatic heterocycles. The number of rotatable bonds is 4. The number of amides is 2. The fourth-order valence-electron chi connectivity index (χ4n) is 2.80. The van der Waals surface area contributed by atoms with Gasteiger partial charge in [-0.2, -0.15) is 4.98 Å². The van der Waals surface area contributed by atoms with Gasteiger partial charge in [-0.15, -0.1) is 0 Å². The largest absolute Gasteiger partial charge is 0.445 e. The normalized spacial score (nSPS) is 14.3. The van der Waals surface area contributed by atoms with Crippen molar-refractivity contribution < 1.29 is 14.3 Å². The number of aromatic amines is 1. The molecule has 0 radical (unpaired) electrons. The van der Waals surface area contributed by atoms with Crippen LogP contribution in [0.2, 0.25) is 0 Å². The van der Waals surface area contributed by atoms with E-state index in [1.54, 1.807) is 6.07 Å². The molecule has 0 spiro atoms. The fourth-order valence-corrected chi connectivity index (χ4v) is 2.80. The molecule has 2 aromatic rings. The van der Waals surface area contributed by atoms with E-state index in [4.69, 9.17) is 4.74 Å². The summed E-state index contributed by atoms with van der Waals surface area (Å²) in [7, 11) is 0. The number of hydrogen-bond donors (Lipinski definition) is 2. The van der Waals surface area contributed by atoms with Crippen LogP contribution in [0.25, 0.3) is 0 Å². The molecule has 8 heteroatoms. The minimum atomic E-state index is -0.546. The summed E-state index contributed by atoms with van der Waals surface area (Å²) in [5, 5.41) is 2.73. The summed E-state index contributed by atoms with van der Waals surface area (Å²) in [6.45, 7) is 6.71. The maximum Gasteiger partial charge on any atom is 0.407 e. The molecule has 0 saturated carbocycles. The number of ether oxygens (including phenoxy) is 1. The number of H-pyrrole nitrogens is 1. The van der Waals surface area contributed by atoms with E-state index in [0.29, 0.717) is 18.8 Å². The summed E-state index contributed by atoms with van der Waals surface area (Å²) in [5.74, 6) is -0.327. The van der Waals surface area contributed by atoms with Gasteiger partial charge >= 0.3 is 11.8 Å². The first kappa shape index (κ1) is 19.6. The second-order valence-electron chi connectivity index (χ2n) is 7.85. The third-order valence-electron chi connectivity index (χ3n) is 4.48. The topological polar surface area (TPSA) is 104 Å². The molecule has 1 fully saturated rings. The smallest absolute Gasteiger partial charge is 0.407 e.